The third-order valence-electron chi connectivity index (χ3n) is 4.39. The maximum atomic E-state index is 13.5. The molecule has 0 saturated carbocycles. The summed E-state index contributed by atoms with van der Waals surface area (Å²) in [5, 5.41) is 5.21. The minimum absolute atomic E-state index is 0.0930. The third-order valence-corrected chi connectivity index (χ3v) is 4.39. The van der Waals surface area contributed by atoms with E-state index in [1.165, 1.54) is 32.2 Å². The highest BCUT2D eigenvalue weighted by molar-refractivity contribution is 5.90. The number of amides is 2. The Hall–Kier alpha value is -3.22. The molecule has 0 fully saturated rings. The number of nitrogens with one attached hydrogen (secondary N) is 2. The molecular weight excluding hydrogens is 375 g/mol. The summed E-state index contributed by atoms with van der Waals surface area (Å²) >= 11 is 0. The number of methoxy groups -OCH3 is 1. The van der Waals surface area contributed by atoms with Gasteiger partial charge in [-0.3, -0.25) is 9.59 Å². The smallest absolute Gasteiger partial charge is 0.328 e. The first-order valence-electron chi connectivity index (χ1n) is 9.32. The fourth-order valence-electron chi connectivity index (χ4n) is 2.97. The molecule has 0 aliphatic carbocycles. The minimum Gasteiger partial charge on any atom is -0.467 e. The highest BCUT2D eigenvalue weighted by Crippen LogP contribution is 2.09. The van der Waals surface area contributed by atoms with Crippen molar-refractivity contribution in [3.05, 3.63) is 71.5 Å². The van der Waals surface area contributed by atoms with E-state index in [1.807, 2.05) is 30.3 Å². The predicted octanol–water partition coefficient (Wildman–Crippen LogP) is 2.16. The Bertz CT molecular complexity index is 842. The van der Waals surface area contributed by atoms with E-state index in [2.05, 4.69) is 10.6 Å². The van der Waals surface area contributed by atoms with Crippen LogP contribution < -0.4 is 10.6 Å². The van der Waals surface area contributed by atoms with Gasteiger partial charge in [-0.1, -0.05) is 42.5 Å². The maximum Gasteiger partial charge on any atom is 0.328 e. The zero-order valence-electron chi connectivity index (χ0n) is 16.5. The van der Waals surface area contributed by atoms with Gasteiger partial charge in [-0.15, -0.1) is 0 Å². The lowest BCUT2D eigenvalue weighted by Gasteiger charge is -2.22. The summed E-state index contributed by atoms with van der Waals surface area (Å²) < 4.78 is 18.3. The van der Waals surface area contributed by atoms with E-state index >= 15 is 0 Å². The molecule has 0 aromatic heterocycles. The van der Waals surface area contributed by atoms with E-state index in [4.69, 9.17) is 4.74 Å². The van der Waals surface area contributed by atoms with E-state index in [1.54, 1.807) is 6.07 Å². The van der Waals surface area contributed by atoms with Crippen molar-refractivity contribution in [3.63, 3.8) is 0 Å². The van der Waals surface area contributed by atoms with Gasteiger partial charge in [0.15, 0.2) is 0 Å². The van der Waals surface area contributed by atoms with E-state index in [0.717, 1.165) is 5.56 Å². The number of carbonyl (C=O) groups is 3. The second-order valence-electron chi connectivity index (χ2n) is 6.70. The molecule has 6 nitrogen and oxygen atoms in total. The first-order valence-corrected chi connectivity index (χ1v) is 9.32. The average Bonchev–Trinajstić information content (AvgIpc) is 2.70. The molecule has 2 N–H and O–H groups in total. The van der Waals surface area contributed by atoms with Gasteiger partial charge in [0.2, 0.25) is 11.8 Å². The van der Waals surface area contributed by atoms with E-state index in [-0.39, 0.29) is 6.42 Å². The summed E-state index contributed by atoms with van der Waals surface area (Å²) in [7, 11) is 1.25. The lowest BCUT2D eigenvalue weighted by Crippen LogP contribution is -2.52. The number of carbonyl (C=O) groups excluding carboxylic acids is 3. The van der Waals surface area contributed by atoms with Crippen LogP contribution in [-0.4, -0.2) is 37.0 Å². The zero-order valence-corrected chi connectivity index (χ0v) is 16.5. The molecule has 0 saturated heterocycles. The van der Waals surface area contributed by atoms with Gasteiger partial charge < -0.3 is 15.4 Å². The number of halogens is 1. The van der Waals surface area contributed by atoms with Crippen LogP contribution in [0.1, 0.15) is 24.5 Å². The third kappa shape index (κ3) is 7.37. The highest BCUT2D eigenvalue weighted by Gasteiger charge is 2.27. The molecule has 0 spiro atoms. The van der Waals surface area contributed by atoms with Crippen LogP contribution in [-0.2, 0) is 32.0 Å². The molecule has 154 valence electrons. The number of aryl methyl sites for hydroxylation is 1. The molecule has 2 aromatic carbocycles. The van der Waals surface area contributed by atoms with Crippen LogP contribution in [0.25, 0.3) is 0 Å². The van der Waals surface area contributed by atoms with E-state index in [9.17, 15) is 18.8 Å². The number of esters is 1. The van der Waals surface area contributed by atoms with Gasteiger partial charge in [0.1, 0.15) is 17.9 Å². The van der Waals surface area contributed by atoms with Crippen molar-refractivity contribution in [2.24, 2.45) is 0 Å². The molecule has 0 aliphatic rings. The maximum absolute atomic E-state index is 13.5. The number of ether oxygens (including phenoxy) is 1. The van der Waals surface area contributed by atoms with Gasteiger partial charge in [0, 0.05) is 13.3 Å². The molecule has 0 aliphatic heterocycles. The van der Waals surface area contributed by atoms with Gasteiger partial charge in [-0.25, -0.2) is 9.18 Å². The lowest BCUT2D eigenvalue weighted by molar-refractivity contribution is -0.145. The Labute approximate surface area is 169 Å². The Morgan fingerprint density at radius 3 is 2.28 bits per heavy atom. The summed E-state index contributed by atoms with van der Waals surface area (Å²) in [6.45, 7) is 1.29. The molecular formula is C22H25FN2O4. The fraction of sp³-hybridized carbons (Fsp3) is 0.318. The number of benzene rings is 2. The van der Waals surface area contributed by atoms with Crippen molar-refractivity contribution in [2.75, 3.05) is 7.11 Å². The molecule has 2 amide bonds. The summed E-state index contributed by atoms with van der Waals surface area (Å²) in [4.78, 5) is 36.5. The van der Waals surface area contributed by atoms with Crippen molar-refractivity contribution in [3.8, 4) is 0 Å². The molecule has 2 atom stereocenters. The van der Waals surface area contributed by atoms with Crippen molar-refractivity contribution >= 4 is 17.8 Å². The van der Waals surface area contributed by atoms with Crippen molar-refractivity contribution in [1.29, 1.82) is 0 Å². The van der Waals surface area contributed by atoms with Crippen LogP contribution in [0, 0.1) is 5.82 Å². The lowest BCUT2D eigenvalue weighted by atomic mass is 10.0. The van der Waals surface area contributed by atoms with E-state index in [0.29, 0.717) is 18.4 Å². The Balaban J connectivity index is 2.09. The van der Waals surface area contributed by atoms with Crippen LogP contribution in [0.2, 0.25) is 0 Å². The second-order valence-corrected chi connectivity index (χ2v) is 6.70. The molecule has 0 radical (unpaired) electrons. The second kappa shape index (κ2) is 10.9. The van der Waals surface area contributed by atoms with Gasteiger partial charge >= 0.3 is 5.97 Å². The molecule has 2 aromatic rings. The Morgan fingerprint density at radius 1 is 0.966 bits per heavy atom. The number of hydrogen-bond acceptors (Lipinski definition) is 4. The SMILES string of the molecule is COC(=O)[C@H](CCc1ccccc1)NC(=O)[C@@H](Cc1cccc(F)c1)NC(C)=O. The first kappa shape index (κ1) is 22.1. The van der Waals surface area contributed by atoms with Crippen LogP contribution in [0.15, 0.2) is 54.6 Å². The molecule has 0 bridgehead atoms. The van der Waals surface area contributed by atoms with Crippen molar-refractivity contribution in [2.45, 2.75) is 38.3 Å². The molecule has 7 heteroatoms. The van der Waals surface area contributed by atoms with Gasteiger partial charge in [0.05, 0.1) is 7.11 Å². The summed E-state index contributed by atoms with van der Waals surface area (Å²) in [5.74, 6) is -1.94. The summed E-state index contributed by atoms with van der Waals surface area (Å²) in [6.07, 6.45) is 1.00. The van der Waals surface area contributed by atoms with Crippen LogP contribution in [0.3, 0.4) is 0 Å². The standard InChI is InChI=1S/C22H25FN2O4/c1-15(26)24-20(14-17-9-6-10-18(23)13-17)21(27)25-19(22(28)29-2)12-11-16-7-4-3-5-8-16/h3-10,13,19-20H,11-12,14H2,1-2H3,(H,24,26)(H,25,27)/t19-,20+/m0/s1. The molecule has 0 heterocycles. The largest absolute Gasteiger partial charge is 0.467 e. The van der Waals surface area contributed by atoms with E-state index < -0.39 is 35.7 Å². The van der Waals surface area contributed by atoms with Gasteiger partial charge in [-0.05, 0) is 36.1 Å². The quantitative estimate of drug-likeness (QED) is 0.632. The first-order chi connectivity index (χ1) is 13.9. The molecule has 0 unspecified atom stereocenters. The fourth-order valence-corrected chi connectivity index (χ4v) is 2.97. The van der Waals surface area contributed by atoms with Gasteiger partial charge in [0.25, 0.3) is 0 Å². The topological polar surface area (TPSA) is 84.5 Å². The summed E-state index contributed by atoms with van der Waals surface area (Å²) in [5.41, 5.74) is 1.58. The van der Waals surface area contributed by atoms with Crippen LogP contribution in [0.4, 0.5) is 4.39 Å². The normalized spacial score (nSPS) is 12.5. The molecule has 2 rings (SSSR count). The Morgan fingerprint density at radius 2 is 1.66 bits per heavy atom. The number of hydrogen-bond donors (Lipinski definition) is 2. The monoisotopic (exact) mass is 400 g/mol. The van der Waals surface area contributed by atoms with Crippen LogP contribution >= 0.6 is 0 Å². The molecule has 29 heavy (non-hydrogen) atoms. The minimum atomic E-state index is -0.946. The van der Waals surface area contributed by atoms with Gasteiger partial charge in [-0.2, -0.15) is 0 Å². The van der Waals surface area contributed by atoms with Crippen LogP contribution in [0.5, 0.6) is 0 Å². The average molecular weight is 400 g/mol. The zero-order chi connectivity index (χ0) is 21.2. The highest BCUT2D eigenvalue weighted by atomic mass is 19.1. The Kier molecular flexibility index (Phi) is 8.33. The van der Waals surface area contributed by atoms with Crippen molar-refractivity contribution in [1.82, 2.24) is 10.6 Å². The van der Waals surface area contributed by atoms with Crippen molar-refractivity contribution < 1.29 is 23.5 Å². The summed E-state index contributed by atoms with van der Waals surface area (Å²) in [6, 6.07) is 13.5. The number of rotatable bonds is 9. The predicted molar refractivity (Wildman–Crippen MR) is 106 cm³/mol.